The Morgan fingerprint density at radius 2 is 2.05 bits per heavy atom. The third kappa shape index (κ3) is 8.07. The van der Waals surface area contributed by atoms with Crippen LogP contribution in [0.25, 0.3) is 0 Å². The number of thioether (sulfide) groups is 1. The van der Waals surface area contributed by atoms with Crippen LogP contribution in [0.3, 0.4) is 0 Å². The van der Waals surface area contributed by atoms with Crippen LogP contribution in [0.5, 0.6) is 11.5 Å². The molecule has 0 bridgehead atoms. The van der Waals surface area contributed by atoms with Crippen LogP contribution in [-0.2, 0) is 9.53 Å². The van der Waals surface area contributed by atoms with Crippen LogP contribution >= 0.6 is 52.6 Å². The predicted octanol–water partition coefficient (Wildman–Crippen LogP) is 6.12. The zero-order valence-corrected chi connectivity index (χ0v) is 26.6. The Morgan fingerprint density at radius 1 is 1.23 bits per heavy atom. The molecule has 14 heteroatoms. The van der Waals surface area contributed by atoms with E-state index in [1.807, 2.05) is 34.5 Å². The van der Waals surface area contributed by atoms with Crippen molar-refractivity contribution in [2.24, 2.45) is 9.98 Å². The van der Waals surface area contributed by atoms with Crippen molar-refractivity contribution >= 4 is 77.1 Å². The number of aliphatic imine (C=N–C) groups is 2. The molecule has 2 heterocycles. The normalized spacial score (nSPS) is 16.6. The molecule has 40 heavy (non-hydrogen) atoms. The molecule has 0 saturated heterocycles. The van der Waals surface area contributed by atoms with Crippen LogP contribution in [0.4, 0.5) is 18.9 Å². The second-order valence-corrected chi connectivity index (χ2v) is 15.7. The molecule has 0 fully saturated rings. The summed E-state index contributed by atoms with van der Waals surface area (Å²) in [5.74, 6) is 0.832. The van der Waals surface area contributed by atoms with Crippen LogP contribution in [-0.4, -0.2) is 57.3 Å². The molecule has 0 spiro atoms. The van der Waals surface area contributed by atoms with Crippen molar-refractivity contribution in [3.05, 3.63) is 69.6 Å². The van der Waals surface area contributed by atoms with E-state index >= 15 is 0 Å². The van der Waals surface area contributed by atoms with E-state index in [1.165, 1.54) is 24.0 Å². The van der Waals surface area contributed by atoms with Gasteiger partial charge in [-0.15, -0.1) is 0 Å². The molecule has 1 amide bonds. The van der Waals surface area contributed by atoms with Crippen LogP contribution in [0.15, 0.2) is 75.3 Å². The van der Waals surface area contributed by atoms with Crippen molar-refractivity contribution in [1.29, 1.82) is 0 Å². The van der Waals surface area contributed by atoms with E-state index in [1.54, 1.807) is 25.2 Å². The van der Waals surface area contributed by atoms with Crippen molar-refractivity contribution in [2.45, 2.75) is 11.1 Å². The summed E-state index contributed by atoms with van der Waals surface area (Å²) in [6.07, 6.45) is -1.02. The van der Waals surface area contributed by atoms with Gasteiger partial charge in [0, 0.05) is 10.7 Å². The number of anilines is 1. The summed E-state index contributed by atoms with van der Waals surface area (Å²) in [5, 5.41) is 3.57. The van der Waals surface area contributed by atoms with Crippen LogP contribution in [0.1, 0.15) is 5.56 Å². The van der Waals surface area contributed by atoms with Gasteiger partial charge < -0.3 is 14.2 Å². The Morgan fingerprint density at radius 3 is 2.77 bits per heavy atom. The van der Waals surface area contributed by atoms with Gasteiger partial charge in [-0.1, -0.05) is 20.7 Å². The smallest absolute Gasteiger partial charge is 0.0641 e. The Labute approximate surface area is 251 Å². The molecule has 2 N–H and O–H groups in total. The number of nitrogens with zero attached hydrogens (tertiary/aromatic N) is 2. The first-order chi connectivity index (χ1) is 19.2. The zero-order chi connectivity index (χ0) is 28.7. The van der Waals surface area contributed by atoms with Gasteiger partial charge in [0.2, 0.25) is 0 Å². The summed E-state index contributed by atoms with van der Waals surface area (Å²) < 4.78 is 61.0. The number of carbonyl (C=O) groups is 1. The van der Waals surface area contributed by atoms with Gasteiger partial charge >= 0.3 is 159 Å². The maximum atomic E-state index is 12.9. The number of ether oxygens (including phenoxy) is 3. The van der Waals surface area contributed by atoms with Crippen molar-refractivity contribution in [3.63, 3.8) is 0 Å². The van der Waals surface area contributed by atoms with Gasteiger partial charge in [-0.3, -0.25) is 0 Å². The molecule has 214 valence electrons. The summed E-state index contributed by atoms with van der Waals surface area (Å²) in [7, 11) is 3.21. The van der Waals surface area contributed by atoms with Crippen LogP contribution < -0.4 is 18.3 Å². The summed E-state index contributed by atoms with van der Waals surface area (Å²) in [4.78, 5) is 23.7. The Bertz CT molecular complexity index is 1430. The van der Waals surface area contributed by atoms with Crippen molar-refractivity contribution < 1.29 is 32.2 Å². The minimum absolute atomic E-state index is 0.344. The Kier molecular flexibility index (Phi) is 10.6. The van der Waals surface area contributed by atoms with Gasteiger partial charge in [0.15, 0.2) is 11.5 Å². The minimum Gasteiger partial charge on any atom is -0.0641 e. The standard InChI is InChI=1S/C26H25F3I2N4O4S/c1-31-23(14-22(35-31)26(27,28)29)32-8-7-24(36)34-16-5-4-6-17(11-16)40-25-18-12-20(38-3)21(39-10-9-37-2)13-19(18)30-15-33-25/h4-8,11-15,35H,9-10H2,1-3H3,(H,34,36)/b8-7+,32-23?. The number of hydrogen-bond donors (Lipinski definition) is 2. The van der Waals surface area contributed by atoms with E-state index in [2.05, 4.69) is 18.8 Å². The Balaban J connectivity index is 1.42. The average molecular weight is 800 g/mol. The molecule has 8 nitrogen and oxygen atoms in total. The third-order valence-corrected chi connectivity index (χ3v) is 12.0. The molecule has 2 aliphatic heterocycles. The van der Waals surface area contributed by atoms with E-state index in [4.69, 9.17) is 14.2 Å². The SMILES string of the molecule is COCCOc1cc2c(cc1OC)C(Sc1cccc(NC(=O)/C=C/N=C3C=C(C(F)(F)F)NI3C)c1)=NC=I2. The first-order valence-electron chi connectivity index (χ1n) is 11.5. The summed E-state index contributed by atoms with van der Waals surface area (Å²) in [6.45, 7) is 0.887. The van der Waals surface area contributed by atoms with E-state index in [-0.39, 0.29) is 0 Å². The fourth-order valence-corrected chi connectivity index (χ4v) is 9.56. The van der Waals surface area contributed by atoms with E-state index in [0.29, 0.717) is 34.1 Å². The Hall–Kier alpha value is -2.44. The van der Waals surface area contributed by atoms with Crippen LogP contribution in [0, 0.1) is 3.57 Å². The molecule has 0 atom stereocenters. The fraction of sp³-hybridized carbons (Fsp3) is 0.231. The number of fused-ring (bicyclic) bond motifs is 1. The van der Waals surface area contributed by atoms with Gasteiger partial charge in [-0.2, -0.15) is 0 Å². The molecule has 2 aliphatic rings. The first kappa shape index (κ1) is 30.5. The minimum atomic E-state index is -4.44. The van der Waals surface area contributed by atoms with Gasteiger partial charge in [0.05, 0.1) is 17.9 Å². The second kappa shape index (κ2) is 14.0. The molecule has 4 rings (SSSR count). The molecule has 0 radical (unpaired) electrons. The second-order valence-electron chi connectivity index (χ2n) is 7.97. The molecular weight excluding hydrogens is 775 g/mol. The fourth-order valence-electron chi connectivity index (χ4n) is 3.35. The van der Waals surface area contributed by atoms with Gasteiger partial charge in [0.25, 0.3) is 0 Å². The van der Waals surface area contributed by atoms with E-state index < -0.39 is 58.6 Å². The summed E-state index contributed by atoms with van der Waals surface area (Å²) in [6, 6.07) is 11.2. The van der Waals surface area contributed by atoms with Gasteiger partial charge in [0.1, 0.15) is 6.61 Å². The first-order valence-corrected chi connectivity index (χ1v) is 19.0. The van der Waals surface area contributed by atoms with Crippen molar-refractivity contribution in [2.75, 3.05) is 37.7 Å². The summed E-state index contributed by atoms with van der Waals surface area (Å²) in [5.41, 5.74) is 0.755. The predicted molar refractivity (Wildman–Crippen MR) is 170 cm³/mol. The molecule has 0 aromatic heterocycles. The van der Waals surface area contributed by atoms with E-state index in [9.17, 15) is 18.0 Å². The summed E-state index contributed by atoms with van der Waals surface area (Å²) >= 11 is -1.20. The number of amides is 1. The number of alkyl halides is 4. The number of methoxy groups -OCH3 is 2. The molecule has 2 aromatic carbocycles. The molecular formula is C26H25F3I2N4O4S. The van der Waals surface area contributed by atoms with Crippen LogP contribution in [0.2, 0.25) is 0 Å². The van der Waals surface area contributed by atoms with Crippen molar-refractivity contribution in [3.8, 4) is 11.5 Å². The monoisotopic (exact) mass is 800 g/mol. The third-order valence-electron chi connectivity index (χ3n) is 5.20. The van der Waals surface area contributed by atoms with E-state index in [0.717, 1.165) is 25.1 Å². The quantitative estimate of drug-likeness (QED) is 0.104. The number of rotatable bonds is 9. The molecule has 0 saturated carbocycles. The van der Waals surface area contributed by atoms with Gasteiger partial charge in [-0.25, -0.2) is 0 Å². The zero-order valence-electron chi connectivity index (χ0n) is 21.5. The van der Waals surface area contributed by atoms with Gasteiger partial charge in [-0.05, 0) is 12.1 Å². The molecule has 0 aliphatic carbocycles. The average Bonchev–Trinajstić information content (AvgIpc) is 3.30. The number of halogens is 5. The number of allylic oxidation sites excluding steroid dienone is 2. The number of benzene rings is 2. The number of hydrogen-bond acceptors (Lipinski definition) is 8. The van der Waals surface area contributed by atoms with Crippen molar-refractivity contribution in [1.82, 2.24) is 3.53 Å². The molecule has 0 unspecified atom stereocenters. The topological polar surface area (TPSA) is 93.5 Å². The number of carbonyl (C=O) groups excluding carboxylic acids is 1. The number of nitrogens with one attached hydrogen (secondary N) is 2. The molecule has 2 aromatic rings. The maximum absolute atomic E-state index is 12.9.